The molecule has 0 bridgehead atoms. The lowest BCUT2D eigenvalue weighted by atomic mass is 10.2. The van der Waals surface area contributed by atoms with Gasteiger partial charge in [0.2, 0.25) is 5.88 Å². The van der Waals surface area contributed by atoms with Gasteiger partial charge in [-0.1, -0.05) is 13.8 Å². The molecule has 0 aliphatic carbocycles. The highest BCUT2D eigenvalue weighted by atomic mass is 16.5. The summed E-state index contributed by atoms with van der Waals surface area (Å²) in [4.78, 5) is 4.32. The van der Waals surface area contributed by atoms with Crippen molar-refractivity contribution in [1.29, 1.82) is 0 Å². The van der Waals surface area contributed by atoms with Crippen LogP contribution in [0.1, 0.15) is 32.0 Å². The molecule has 3 heteroatoms. The molecule has 0 atom stereocenters. The molecule has 0 amide bonds. The van der Waals surface area contributed by atoms with Crippen LogP contribution in [0.2, 0.25) is 0 Å². The quantitative estimate of drug-likeness (QED) is 0.803. The van der Waals surface area contributed by atoms with E-state index >= 15 is 0 Å². The molecule has 0 spiro atoms. The van der Waals surface area contributed by atoms with Crippen molar-refractivity contribution >= 4 is 0 Å². The third-order valence-electron chi connectivity index (χ3n) is 2.16. The van der Waals surface area contributed by atoms with Gasteiger partial charge in [0.25, 0.3) is 0 Å². The van der Waals surface area contributed by atoms with Gasteiger partial charge in [0.05, 0.1) is 6.61 Å². The average molecular weight is 222 g/mol. The van der Waals surface area contributed by atoms with Crippen molar-refractivity contribution in [2.45, 2.75) is 34.2 Å². The van der Waals surface area contributed by atoms with E-state index in [-0.39, 0.29) is 0 Å². The highest BCUT2D eigenvalue weighted by Crippen LogP contribution is 2.12. The van der Waals surface area contributed by atoms with Gasteiger partial charge in [0.1, 0.15) is 0 Å². The Morgan fingerprint density at radius 3 is 2.75 bits per heavy atom. The van der Waals surface area contributed by atoms with E-state index in [2.05, 4.69) is 30.2 Å². The fourth-order valence-electron chi connectivity index (χ4n) is 1.54. The molecular weight excluding hydrogens is 200 g/mol. The van der Waals surface area contributed by atoms with Crippen molar-refractivity contribution in [1.82, 2.24) is 10.3 Å². The minimum Gasteiger partial charge on any atom is -0.478 e. The largest absolute Gasteiger partial charge is 0.478 e. The summed E-state index contributed by atoms with van der Waals surface area (Å²) in [5, 5.41) is 3.41. The number of ether oxygens (including phenoxy) is 1. The first kappa shape index (κ1) is 13.0. The molecule has 1 N–H and O–H groups in total. The lowest BCUT2D eigenvalue weighted by Gasteiger charge is -2.09. The van der Waals surface area contributed by atoms with Crippen molar-refractivity contribution in [3.63, 3.8) is 0 Å². The number of hydrogen-bond acceptors (Lipinski definition) is 3. The van der Waals surface area contributed by atoms with Crippen LogP contribution >= 0.6 is 0 Å². The van der Waals surface area contributed by atoms with Gasteiger partial charge in [0, 0.05) is 18.3 Å². The number of rotatable bonds is 6. The van der Waals surface area contributed by atoms with Crippen molar-refractivity contribution in [3.8, 4) is 5.88 Å². The summed E-state index contributed by atoms with van der Waals surface area (Å²) < 4.78 is 5.42. The molecule has 1 rings (SSSR count). The summed E-state index contributed by atoms with van der Waals surface area (Å²) in [5.74, 6) is 1.40. The third-order valence-corrected chi connectivity index (χ3v) is 2.16. The molecular formula is C13H22N2O. The molecule has 1 heterocycles. The SMILES string of the molecule is CCOc1cc(CNCC(C)C)cc(C)n1. The molecule has 16 heavy (non-hydrogen) atoms. The molecule has 0 aliphatic heterocycles. The Kier molecular flexibility index (Phi) is 5.26. The van der Waals surface area contributed by atoms with Gasteiger partial charge < -0.3 is 10.1 Å². The first-order valence-corrected chi connectivity index (χ1v) is 5.93. The zero-order valence-corrected chi connectivity index (χ0v) is 10.7. The maximum Gasteiger partial charge on any atom is 0.213 e. The van der Waals surface area contributed by atoms with E-state index in [1.807, 2.05) is 19.9 Å². The fraction of sp³-hybridized carbons (Fsp3) is 0.615. The molecule has 3 nitrogen and oxygen atoms in total. The number of aromatic nitrogens is 1. The van der Waals surface area contributed by atoms with Crippen LogP contribution in [-0.4, -0.2) is 18.1 Å². The van der Waals surface area contributed by atoms with E-state index in [4.69, 9.17) is 4.74 Å². The van der Waals surface area contributed by atoms with E-state index < -0.39 is 0 Å². The summed E-state index contributed by atoms with van der Waals surface area (Å²) in [6, 6.07) is 4.10. The predicted molar refractivity (Wildman–Crippen MR) is 66.7 cm³/mol. The summed E-state index contributed by atoms with van der Waals surface area (Å²) in [6.45, 7) is 10.9. The number of hydrogen-bond donors (Lipinski definition) is 1. The Bertz CT molecular complexity index is 324. The molecule has 1 aromatic heterocycles. The predicted octanol–water partition coefficient (Wildman–Crippen LogP) is 2.53. The monoisotopic (exact) mass is 222 g/mol. The third kappa shape index (κ3) is 4.62. The van der Waals surface area contributed by atoms with Crippen LogP contribution in [0.5, 0.6) is 5.88 Å². The van der Waals surface area contributed by atoms with E-state index in [1.54, 1.807) is 0 Å². The Labute approximate surface area is 98.2 Å². The van der Waals surface area contributed by atoms with Gasteiger partial charge in [0.15, 0.2) is 0 Å². The topological polar surface area (TPSA) is 34.1 Å². The molecule has 0 saturated carbocycles. The lowest BCUT2D eigenvalue weighted by Crippen LogP contribution is -2.19. The van der Waals surface area contributed by atoms with Crippen molar-refractivity contribution in [2.24, 2.45) is 5.92 Å². The summed E-state index contributed by atoms with van der Waals surface area (Å²) in [7, 11) is 0. The van der Waals surface area contributed by atoms with Crippen molar-refractivity contribution in [3.05, 3.63) is 23.4 Å². The molecule has 0 saturated heterocycles. The maximum atomic E-state index is 5.42. The van der Waals surface area contributed by atoms with Gasteiger partial charge in [-0.25, -0.2) is 4.98 Å². The van der Waals surface area contributed by atoms with Gasteiger partial charge in [-0.15, -0.1) is 0 Å². The van der Waals surface area contributed by atoms with E-state index in [1.165, 1.54) is 5.56 Å². The highest BCUT2D eigenvalue weighted by molar-refractivity contribution is 5.24. The standard InChI is InChI=1S/C13H22N2O/c1-5-16-13-7-12(6-11(4)15-13)9-14-8-10(2)3/h6-7,10,14H,5,8-9H2,1-4H3. The highest BCUT2D eigenvalue weighted by Gasteiger charge is 2.01. The number of aryl methyl sites for hydroxylation is 1. The number of pyridine rings is 1. The molecule has 0 radical (unpaired) electrons. The van der Waals surface area contributed by atoms with Crippen LogP contribution in [0, 0.1) is 12.8 Å². The zero-order chi connectivity index (χ0) is 12.0. The van der Waals surface area contributed by atoms with Crippen LogP contribution in [0.4, 0.5) is 0 Å². The van der Waals surface area contributed by atoms with Gasteiger partial charge in [-0.3, -0.25) is 0 Å². The first-order chi connectivity index (χ1) is 7.61. The van der Waals surface area contributed by atoms with Crippen molar-refractivity contribution in [2.75, 3.05) is 13.2 Å². The van der Waals surface area contributed by atoms with Gasteiger partial charge >= 0.3 is 0 Å². The second-order valence-corrected chi connectivity index (χ2v) is 4.41. The Balaban J connectivity index is 2.58. The minimum absolute atomic E-state index is 0.662. The molecule has 0 aliphatic rings. The number of nitrogens with zero attached hydrogens (tertiary/aromatic N) is 1. The van der Waals surface area contributed by atoms with Gasteiger partial charge in [-0.2, -0.15) is 0 Å². The Morgan fingerprint density at radius 1 is 1.38 bits per heavy atom. The number of nitrogens with one attached hydrogen (secondary N) is 1. The minimum atomic E-state index is 0.662. The van der Waals surface area contributed by atoms with E-state index in [0.29, 0.717) is 12.5 Å². The molecule has 90 valence electrons. The van der Waals surface area contributed by atoms with Crippen molar-refractivity contribution < 1.29 is 4.74 Å². The normalized spacial score (nSPS) is 10.8. The summed E-state index contributed by atoms with van der Waals surface area (Å²) in [5.41, 5.74) is 2.24. The fourth-order valence-corrected chi connectivity index (χ4v) is 1.54. The summed E-state index contributed by atoms with van der Waals surface area (Å²) >= 11 is 0. The van der Waals surface area contributed by atoms with Gasteiger partial charge in [-0.05, 0) is 37.9 Å². The summed E-state index contributed by atoms with van der Waals surface area (Å²) in [6.07, 6.45) is 0. The van der Waals surface area contributed by atoms with Crippen LogP contribution in [0.25, 0.3) is 0 Å². The Morgan fingerprint density at radius 2 is 2.12 bits per heavy atom. The Hall–Kier alpha value is -1.09. The molecule has 0 unspecified atom stereocenters. The smallest absolute Gasteiger partial charge is 0.213 e. The average Bonchev–Trinajstić information content (AvgIpc) is 2.16. The lowest BCUT2D eigenvalue weighted by molar-refractivity contribution is 0.325. The van der Waals surface area contributed by atoms with Crippen LogP contribution in [0.3, 0.4) is 0 Å². The molecule has 0 aromatic carbocycles. The zero-order valence-electron chi connectivity index (χ0n) is 10.7. The molecule has 1 aromatic rings. The van der Waals surface area contributed by atoms with Crippen LogP contribution in [-0.2, 0) is 6.54 Å². The first-order valence-electron chi connectivity index (χ1n) is 5.93. The second kappa shape index (κ2) is 6.48. The van der Waals surface area contributed by atoms with Crippen LogP contribution < -0.4 is 10.1 Å². The van der Waals surface area contributed by atoms with E-state index in [0.717, 1.165) is 24.7 Å². The maximum absolute atomic E-state index is 5.42. The second-order valence-electron chi connectivity index (χ2n) is 4.41. The van der Waals surface area contributed by atoms with E-state index in [9.17, 15) is 0 Å². The van der Waals surface area contributed by atoms with Crippen LogP contribution in [0.15, 0.2) is 12.1 Å². The molecule has 0 fully saturated rings.